The Morgan fingerprint density at radius 2 is 1.77 bits per heavy atom. The van der Waals surface area contributed by atoms with Crippen LogP contribution in [0.4, 0.5) is 0 Å². The van der Waals surface area contributed by atoms with E-state index in [-0.39, 0.29) is 0 Å². The highest BCUT2D eigenvalue weighted by atomic mass is 33.1. The highest BCUT2D eigenvalue weighted by Crippen LogP contribution is 2.53. The fourth-order valence-electron chi connectivity index (χ4n) is 1.18. The Bertz CT molecular complexity index is 365. The van der Waals surface area contributed by atoms with Crippen LogP contribution < -0.4 is 0 Å². The fraction of sp³-hybridized carbons (Fsp3) is 0. The molecule has 0 atom stereocenters. The van der Waals surface area contributed by atoms with Crippen LogP contribution in [0, 0.1) is 0 Å². The van der Waals surface area contributed by atoms with Crippen molar-refractivity contribution in [3.63, 3.8) is 0 Å². The van der Waals surface area contributed by atoms with Gasteiger partial charge in [0.1, 0.15) is 0 Å². The maximum atomic E-state index is 4.42. The molecule has 1 heterocycles. The van der Waals surface area contributed by atoms with Crippen molar-refractivity contribution in [3.05, 3.63) is 51.6 Å². The molecule has 0 saturated carbocycles. The Hall–Kier alpha value is -0.250. The molecule has 0 fully saturated rings. The number of rotatable bonds is 1. The third-order valence-electron chi connectivity index (χ3n) is 1.78. The molecule has 2 rings (SSSR count). The lowest BCUT2D eigenvalue weighted by molar-refractivity contribution is 1.62. The second-order valence-corrected chi connectivity index (χ2v) is 5.62. The number of hydrogen-bond donors (Lipinski definition) is 1. The third kappa shape index (κ3) is 1.82. The number of thiol groups is 1. The zero-order valence-electron chi connectivity index (χ0n) is 6.86. The fourth-order valence-corrected chi connectivity index (χ4v) is 3.77. The van der Waals surface area contributed by atoms with E-state index in [1.807, 2.05) is 18.2 Å². The van der Waals surface area contributed by atoms with Crippen LogP contribution in [-0.4, -0.2) is 0 Å². The quantitative estimate of drug-likeness (QED) is 0.561. The standard InChI is InChI=1S/C10H8S3/c1-7-9(10(11)13-12-7)8-5-3-2-4-6-8/h2-6,11H,1H2. The molecule has 1 aliphatic rings. The summed E-state index contributed by atoms with van der Waals surface area (Å²) in [5.41, 5.74) is 2.38. The van der Waals surface area contributed by atoms with Gasteiger partial charge in [0.25, 0.3) is 0 Å². The maximum absolute atomic E-state index is 4.42. The Balaban J connectivity index is 2.47. The second-order valence-electron chi connectivity index (χ2n) is 2.64. The van der Waals surface area contributed by atoms with Gasteiger partial charge in [-0.3, -0.25) is 0 Å². The largest absolute Gasteiger partial charge is 0.135 e. The van der Waals surface area contributed by atoms with Crippen LogP contribution >= 0.6 is 34.2 Å². The van der Waals surface area contributed by atoms with Crippen LogP contribution in [0.15, 0.2) is 46.1 Å². The first-order valence-electron chi connectivity index (χ1n) is 3.81. The Morgan fingerprint density at radius 3 is 2.31 bits per heavy atom. The van der Waals surface area contributed by atoms with Gasteiger partial charge in [0.05, 0.1) is 4.24 Å². The van der Waals surface area contributed by atoms with Crippen LogP contribution in [0.5, 0.6) is 0 Å². The molecule has 0 amide bonds. The lowest BCUT2D eigenvalue weighted by Crippen LogP contribution is -1.81. The normalized spacial score (nSPS) is 16.8. The number of hydrogen-bond acceptors (Lipinski definition) is 3. The van der Waals surface area contributed by atoms with E-state index < -0.39 is 0 Å². The van der Waals surface area contributed by atoms with Crippen molar-refractivity contribution in [3.8, 4) is 0 Å². The first-order chi connectivity index (χ1) is 6.29. The maximum Gasteiger partial charge on any atom is 0.0573 e. The van der Waals surface area contributed by atoms with E-state index in [1.54, 1.807) is 21.6 Å². The van der Waals surface area contributed by atoms with Crippen LogP contribution in [0.3, 0.4) is 0 Å². The summed E-state index contributed by atoms with van der Waals surface area (Å²) < 4.78 is 1.06. The molecule has 0 nitrogen and oxygen atoms in total. The van der Waals surface area contributed by atoms with Gasteiger partial charge in [-0.1, -0.05) is 47.7 Å². The smallest absolute Gasteiger partial charge is 0.0573 e. The minimum absolute atomic E-state index is 1.06. The number of allylic oxidation sites excluding steroid dienone is 1. The van der Waals surface area contributed by atoms with Gasteiger partial charge in [-0.25, -0.2) is 0 Å². The third-order valence-corrected chi connectivity index (χ3v) is 4.85. The van der Waals surface area contributed by atoms with Crippen molar-refractivity contribution >= 4 is 39.8 Å². The molecule has 1 aromatic carbocycles. The minimum Gasteiger partial charge on any atom is -0.135 e. The van der Waals surface area contributed by atoms with Crippen molar-refractivity contribution in [2.45, 2.75) is 0 Å². The Labute approximate surface area is 91.3 Å². The van der Waals surface area contributed by atoms with Gasteiger partial charge in [0, 0.05) is 10.5 Å². The summed E-state index contributed by atoms with van der Waals surface area (Å²) in [6.45, 7) is 4.00. The van der Waals surface area contributed by atoms with E-state index in [0.717, 1.165) is 9.14 Å². The molecule has 0 N–H and O–H groups in total. The van der Waals surface area contributed by atoms with Gasteiger partial charge in [0.15, 0.2) is 0 Å². The van der Waals surface area contributed by atoms with E-state index in [4.69, 9.17) is 0 Å². The van der Waals surface area contributed by atoms with E-state index in [0.29, 0.717) is 0 Å². The minimum atomic E-state index is 1.06. The number of benzene rings is 1. The SMILES string of the molecule is C=C1SSC(S)=C1c1ccccc1. The summed E-state index contributed by atoms with van der Waals surface area (Å²) in [6, 6.07) is 10.3. The lowest BCUT2D eigenvalue weighted by atomic mass is 10.1. The molecule has 66 valence electrons. The first-order valence-corrected chi connectivity index (χ1v) is 6.41. The summed E-state index contributed by atoms with van der Waals surface area (Å²) in [4.78, 5) is 1.10. The van der Waals surface area contributed by atoms with Gasteiger partial charge in [-0.15, -0.1) is 12.6 Å². The zero-order valence-corrected chi connectivity index (χ0v) is 9.38. The van der Waals surface area contributed by atoms with E-state index >= 15 is 0 Å². The topological polar surface area (TPSA) is 0 Å². The zero-order chi connectivity index (χ0) is 9.26. The monoisotopic (exact) mass is 224 g/mol. The molecule has 1 aromatic rings. The summed E-state index contributed by atoms with van der Waals surface area (Å²) in [6.07, 6.45) is 0. The highest BCUT2D eigenvalue weighted by molar-refractivity contribution is 8.82. The molecule has 0 saturated heterocycles. The second kappa shape index (κ2) is 3.86. The van der Waals surface area contributed by atoms with Crippen molar-refractivity contribution in [1.82, 2.24) is 0 Å². The summed E-state index contributed by atoms with van der Waals surface area (Å²) in [5.74, 6) is 0. The summed E-state index contributed by atoms with van der Waals surface area (Å²) in [5, 5.41) is 0. The first kappa shape index (κ1) is 9.31. The molecule has 0 radical (unpaired) electrons. The van der Waals surface area contributed by atoms with Gasteiger partial charge in [0.2, 0.25) is 0 Å². The van der Waals surface area contributed by atoms with E-state index in [1.165, 1.54) is 11.1 Å². The predicted octanol–water partition coefficient (Wildman–Crippen LogP) is 4.19. The molecule has 0 bridgehead atoms. The molecule has 3 heteroatoms. The molecule has 1 aliphatic heterocycles. The Kier molecular flexibility index (Phi) is 2.77. The van der Waals surface area contributed by atoms with Gasteiger partial charge in [-0.05, 0) is 16.4 Å². The van der Waals surface area contributed by atoms with Crippen LogP contribution in [0.1, 0.15) is 5.56 Å². The summed E-state index contributed by atoms with van der Waals surface area (Å²) in [7, 11) is 3.35. The molecule has 0 aromatic heterocycles. The van der Waals surface area contributed by atoms with Gasteiger partial charge in [-0.2, -0.15) is 0 Å². The molecule has 0 spiro atoms. The molecular weight excluding hydrogens is 216 g/mol. The Morgan fingerprint density at radius 1 is 1.08 bits per heavy atom. The summed E-state index contributed by atoms with van der Waals surface area (Å²) >= 11 is 4.42. The predicted molar refractivity (Wildman–Crippen MR) is 66.7 cm³/mol. The van der Waals surface area contributed by atoms with Gasteiger partial charge >= 0.3 is 0 Å². The lowest BCUT2D eigenvalue weighted by Gasteiger charge is -2.02. The van der Waals surface area contributed by atoms with Crippen LogP contribution in [0.25, 0.3) is 5.57 Å². The van der Waals surface area contributed by atoms with Gasteiger partial charge < -0.3 is 0 Å². The van der Waals surface area contributed by atoms with Crippen molar-refractivity contribution < 1.29 is 0 Å². The molecular formula is C10H8S3. The van der Waals surface area contributed by atoms with E-state index in [9.17, 15) is 0 Å². The van der Waals surface area contributed by atoms with Crippen molar-refractivity contribution in [1.29, 1.82) is 0 Å². The van der Waals surface area contributed by atoms with Crippen molar-refractivity contribution in [2.24, 2.45) is 0 Å². The highest BCUT2D eigenvalue weighted by Gasteiger charge is 2.18. The molecule has 0 aliphatic carbocycles. The average Bonchev–Trinajstić information content (AvgIpc) is 2.48. The average molecular weight is 224 g/mol. The molecule has 0 unspecified atom stereocenters. The molecule has 13 heavy (non-hydrogen) atoms. The van der Waals surface area contributed by atoms with Crippen molar-refractivity contribution in [2.75, 3.05) is 0 Å². The van der Waals surface area contributed by atoms with Crippen LogP contribution in [0.2, 0.25) is 0 Å². The van der Waals surface area contributed by atoms with Crippen LogP contribution in [-0.2, 0) is 0 Å². The van der Waals surface area contributed by atoms with E-state index in [2.05, 4.69) is 31.3 Å².